The highest BCUT2D eigenvalue weighted by Crippen LogP contribution is 2.25. The van der Waals surface area contributed by atoms with Crippen LogP contribution in [0.4, 0.5) is 5.13 Å². The molecule has 1 saturated heterocycles. The quantitative estimate of drug-likeness (QED) is 0.720. The molecule has 0 N–H and O–H groups in total. The van der Waals surface area contributed by atoms with E-state index in [2.05, 4.69) is 37.2 Å². The number of nitrogens with zero attached hydrogens (tertiary/aromatic N) is 5. The van der Waals surface area contributed by atoms with Crippen LogP contribution < -0.4 is 4.90 Å². The summed E-state index contributed by atoms with van der Waals surface area (Å²) >= 11 is 1.71. The van der Waals surface area contributed by atoms with Gasteiger partial charge in [-0.3, -0.25) is 4.90 Å². The van der Waals surface area contributed by atoms with Crippen molar-refractivity contribution in [1.82, 2.24) is 20.0 Å². The molecular weight excluding hydrogens is 326 g/mol. The number of furan rings is 1. The predicted molar refractivity (Wildman–Crippen MR) is 90.9 cm³/mol. The van der Waals surface area contributed by atoms with Gasteiger partial charge in [-0.1, -0.05) is 5.16 Å². The van der Waals surface area contributed by atoms with E-state index in [1.807, 2.05) is 19.1 Å². The zero-order chi connectivity index (χ0) is 16.5. The van der Waals surface area contributed by atoms with Crippen molar-refractivity contribution >= 4 is 16.5 Å². The Bertz CT molecular complexity index is 797. The second-order valence-corrected chi connectivity index (χ2v) is 6.87. The van der Waals surface area contributed by atoms with Crippen LogP contribution in [-0.2, 0) is 6.54 Å². The lowest BCUT2D eigenvalue weighted by atomic mass is 10.2. The van der Waals surface area contributed by atoms with Crippen LogP contribution in [0.25, 0.3) is 11.6 Å². The molecular formula is C16H19N5O2S. The van der Waals surface area contributed by atoms with E-state index in [0.29, 0.717) is 30.1 Å². The van der Waals surface area contributed by atoms with Crippen LogP contribution in [0.5, 0.6) is 0 Å². The Kier molecular flexibility index (Phi) is 4.07. The maximum absolute atomic E-state index is 5.35. The van der Waals surface area contributed by atoms with Gasteiger partial charge in [-0.25, -0.2) is 4.98 Å². The van der Waals surface area contributed by atoms with E-state index in [0.717, 1.165) is 30.5 Å². The molecule has 1 fully saturated rings. The van der Waals surface area contributed by atoms with E-state index in [9.17, 15) is 0 Å². The Morgan fingerprint density at radius 1 is 1.33 bits per heavy atom. The maximum atomic E-state index is 5.35. The van der Waals surface area contributed by atoms with Gasteiger partial charge in [-0.2, -0.15) is 4.98 Å². The summed E-state index contributed by atoms with van der Waals surface area (Å²) in [7, 11) is 0. The summed E-state index contributed by atoms with van der Waals surface area (Å²) < 4.78 is 10.6. The largest absolute Gasteiger partial charge is 0.461 e. The highest BCUT2D eigenvalue weighted by molar-refractivity contribution is 7.13. The van der Waals surface area contributed by atoms with Crippen molar-refractivity contribution in [3.63, 3.8) is 0 Å². The van der Waals surface area contributed by atoms with Crippen LogP contribution in [0, 0.1) is 6.92 Å². The smallest absolute Gasteiger partial charge is 0.241 e. The Hall–Kier alpha value is -2.19. The van der Waals surface area contributed by atoms with Crippen LogP contribution in [0.3, 0.4) is 0 Å². The lowest BCUT2D eigenvalue weighted by Gasteiger charge is -2.39. The van der Waals surface area contributed by atoms with E-state index < -0.39 is 0 Å². The second kappa shape index (κ2) is 6.37. The molecule has 1 aliphatic heterocycles. The minimum atomic E-state index is 0.400. The van der Waals surface area contributed by atoms with E-state index in [-0.39, 0.29) is 0 Å². The minimum Gasteiger partial charge on any atom is -0.461 e. The van der Waals surface area contributed by atoms with Crippen LogP contribution >= 0.6 is 11.3 Å². The van der Waals surface area contributed by atoms with Crippen LogP contribution in [0.2, 0.25) is 0 Å². The monoisotopic (exact) mass is 345 g/mol. The number of aryl methyl sites for hydroxylation is 1. The van der Waals surface area contributed by atoms with Crippen LogP contribution in [-0.4, -0.2) is 45.7 Å². The molecule has 1 aliphatic rings. The van der Waals surface area contributed by atoms with E-state index in [1.165, 1.54) is 0 Å². The Morgan fingerprint density at radius 2 is 2.25 bits per heavy atom. The van der Waals surface area contributed by atoms with Crippen LogP contribution in [0.15, 0.2) is 32.7 Å². The van der Waals surface area contributed by atoms with E-state index in [1.54, 1.807) is 17.6 Å². The summed E-state index contributed by atoms with van der Waals surface area (Å²) in [5, 5.41) is 7.19. The highest BCUT2D eigenvalue weighted by atomic mass is 32.1. The molecule has 8 heteroatoms. The van der Waals surface area contributed by atoms with Crippen molar-refractivity contribution in [2.24, 2.45) is 0 Å². The fourth-order valence-electron chi connectivity index (χ4n) is 2.95. The third-order valence-electron chi connectivity index (χ3n) is 4.13. The molecule has 4 rings (SSSR count). The van der Waals surface area contributed by atoms with Gasteiger partial charge in [-0.05, 0) is 26.0 Å². The van der Waals surface area contributed by atoms with Gasteiger partial charge in [0.05, 0.1) is 18.5 Å². The fraction of sp³-hybridized carbons (Fsp3) is 0.438. The Balaban J connectivity index is 1.39. The molecule has 0 radical (unpaired) electrons. The lowest BCUT2D eigenvalue weighted by Crippen LogP contribution is -2.51. The third-order valence-corrected chi connectivity index (χ3v) is 5.13. The van der Waals surface area contributed by atoms with Gasteiger partial charge in [0.15, 0.2) is 10.9 Å². The van der Waals surface area contributed by atoms with Gasteiger partial charge in [-0.15, -0.1) is 11.3 Å². The zero-order valence-corrected chi connectivity index (χ0v) is 14.5. The molecule has 0 spiro atoms. The van der Waals surface area contributed by atoms with Gasteiger partial charge < -0.3 is 13.8 Å². The first kappa shape index (κ1) is 15.3. The predicted octanol–water partition coefficient (Wildman–Crippen LogP) is 2.81. The maximum Gasteiger partial charge on any atom is 0.241 e. The molecule has 0 aliphatic carbocycles. The average Bonchev–Trinajstić information content (AvgIpc) is 3.28. The Morgan fingerprint density at radius 3 is 2.96 bits per heavy atom. The van der Waals surface area contributed by atoms with Crippen molar-refractivity contribution in [3.8, 4) is 11.6 Å². The SMILES string of the molecule is Cc1csc(N2CCN(Cc3nc(-c4ccco4)no3)CC2C)n1. The van der Waals surface area contributed by atoms with Crippen molar-refractivity contribution in [1.29, 1.82) is 0 Å². The average molecular weight is 345 g/mol. The zero-order valence-electron chi connectivity index (χ0n) is 13.7. The van der Waals surface area contributed by atoms with Crippen LogP contribution in [0.1, 0.15) is 18.5 Å². The summed E-state index contributed by atoms with van der Waals surface area (Å²) in [6.45, 7) is 7.76. The van der Waals surface area contributed by atoms with Crippen molar-refractivity contribution in [3.05, 3.63) is 35.4 Å². The standard InChI is InChI=1S/C16H19N5O2S/c1-11-10-24-16(17-11)21-6-5-20(8-12(21)2)9-14-18-15(19-23-14)13-4-3-7-22-13/h3-4,7,10,12H,5-6,8-9H2,1-2H3. The van der Waals surface area contributed by atoms with Crippen molar-refractivity contribution in [2.45, 2.75) is 26.4 Å². The normalized spacial score (nSPS) is 19.1. The number of rotatable bonds is 4. The van der Waals surface area contributed by atoms with Gasteiger partial charge in [0.2, 0.25) is 11.7 Å². The molecule has 126 valence electrons. The number of thiazole rings is 1. The van der Waals surface area contributed by atoms with Gasteiger partial charge in [0.25, 0.3) is 0 Å². The number of anilines is 1. The van der Waals surface area contributed by atoms with Gasteiger partial charge in [0.1, 0.15) is 0 Å². The summed E-state index contributed by atoms with van der Waals surface area (Å²) in [6.07, 6.45) is 1.60. The van der Waals surface area contributed by atoms with Crippen molar-refractivity contribution < 1.29 is 8.94 Å². The number of hydrogen-bond donors (Lipinski definition) is 0. The summed E-state index contributed by atoms with van der Waals surface area (Å²) in [5.74, 6) is 1.74. The van der Waals surface area contributed by atoms with Gasteiger partial charge >= 0.3 is 0 Å². The highest BCUT2D eigenvalue weighted by Gasteiger charge is 2.26. The summed E-state index contributed by atoms with van der Waals surface area (Å²) in [6, 6.07) is 4.04. The number of aromatic nitrogens is 3. The second-order valence-electron chi connectivity index (χ2n) is 6.04. The fourth-order valence-corrected chi connectivity index (χ4v) is 3.88. The first-order valence-electron chi connectivity index (χ1n) is 7.96. The first-order chi connectivity index (χ1) is 11.7. The third kappa shape index (κ3) is 3.07. The molecule has 7 nitrogen and oxygen atoms in total. The topological polar surface area (TPSA) is 71.4 Å². The van der Waals surface area contributed by atoms with E-state index in [4.69, 9.17) is 8.94 Å². The molecule has 0 saturated carbocycles. The molecule has 4 heterocycles. The Labute approximate surface area is 143 Å². The van der Waals surface area contributed by atoms with Gasteiger partial charge in [0, 0.05) is 31.1 Å². The lowest BCUT2D eigenvalue weighted by molar-refractivity contribution is 0.194. The summed E-state index contributed by atoms with van der Waals surface area (Å²) in [5.41, 5.74) is 1.08. The van der Waals surface area contributed by atoms with Crippen molar-refractivity contribution in [2.75, 3.05) is 24.5 Å². The number of hydrogen-bond acceptors (Lipinski definition) is 8. The first-order valence-corrected chi connectivity index (χ1v) is 8.84. The number of piperazine rings is 1. The molecule has 1 atom stereocenters. The molecule has 3 aromatic rings. The summed E-state index contributed by atoms with van der Waals surface area (Å²) in [4.78, 5) is 13.7. The molecule has 0 bridgehead atoms. The minimum absolute atomic E-state index is 0.400. The molecule has 0 aromatic carbocycles. The molecule has 0 amide bonds. The molecule has 3 aromatic heterocycles. The molecule has 1 unspecified atom stereocenters. The van der Waals surface area contributed by atoms with E-state index >= 15 is 0 Å². The molecule has 24 heavy (non-hydrogen) atoms.